The molecule has 0 fully saturated rings. The Hall–Kier alpha value is -0.880. The molecular formula is C11H21N3O2S. The van der Waals surface area contributed by atoms with Crippen LogP contribution in [0.2, 0.25) is 0 Å². The lowest BCUT2D eigenvalue weighted by Crippen LogP contribution is -2.38. The SMILES string of the molecule is CCCCS(=O)(=O)N[C@@H](CC)Cn1ccnc1. The van der Waals surface area contributed by atoms with Crippen LogP contribution in [0, 0.1) is 0 Å². The van der Waals surface area contributed by atoms with E-state index in [1.165, 1.54) is 0 Å². The minimum atomic E-state index is -3.14. The zero-order valence-electron chi connectivity index (χ0n) is 10.5. The molecule has 98 valence electrons. The number of sulfonamides is 1. The summed E-state index contributed by atoms with van der Waals surface area (Å²) in [4.78, 5) is 3.94. The average Bonchev–Trinajstić information content (AvgIpc) is 2.78. The van der Waals surface area contributed by atoms with E-state index in [0.717, 1.165) is 12.8 Å². The molecule has 1 aromatic heterocycles. The first kappa shape index (κ1) is 14.2. The van der Waals surface area contributed by atoms with E-state index < -0.39 is 10.0 Å². The molecule has 0 bridgehead atoms. The Balaban J connectivity index is 2.51. The van der Waals surface area contributed by atoms with Crippen LogP contribution in [-0.2, 0) is 16.6 Å². The molecular weight excluding hydrogens is 238 g/mol. The molecule has 6 heteroatoms. The van der Waals surface area contributed by atoms with Crippen molar-refractivity contribution >= 4 is 10.0 Å². The van der Waals surface area contributed by atoms with Gasteiger partial charge in [-0.05, 0) is 12.8 Å². The maximum Gasteiger partial charge on any atom is 0.211 e. The molecule has 0 saturated heterocycles. The Morgan fingerprint density at radius 3 is 2.71 bits per heavy atom. The van der Waals surface area contributed by atoms with Crippen LogP contribution in [0.15, 0.2) is 18.7 Å². The van der Waals surface area contributed by atoms with E-state index >= 15 is 0 Å². The molecule has 1 atom stereocenters. The second kappa shape index (κ2) is 6.76. The molecule has 1 aromatic rings. The third kappa shape index (κ3) is 5.32. The van der Waals surface area contributed by atoms with Crippen LogP contribution in [0.4, 0.5) is 0 Å². The lowest BCUT2D eigenvalue weighted by Gasteiger charge is -2.17. The van der Waals surface area contributed by atoms with E-state index in [0.29, 0.717) is 13.0 Å². The van der Waals surface area contributed by atoms with Gasteiger partial charge in [0.1, 0.15) is 0 Å². The van der Waals surface area contributed by atoms with Crippen LogP contribution in [0.5, 0.6) is 0 Å². The number of hydrogen-bond acceptors (Lipinski definition) is 3. The van der Waals surface area contributed by atoms with Gasteiger partial charge in [-0.2, -0.15) is 0 Å². The van der Waals surface area contributed by atoms with Crippen LogP contribution in [0.3, 0.4) is 0 Å². The number of aromatic nitrogens is 2. The van der Waals surface area contributed by atoms with E-state index in [1.807, 2.05) is 24.6 Å². The van der Waals surface area contributed by atoms with Gasteiger partial charge in [-0.15, -0.1) is 0 Å². The molecule has 1 N–H and O–H groups in total. The fraction of sp³-hybridized carbons (Fsp3) is 0.727. The third-order valence-electron chi connectivity index (χ3n) is 2.60. The molecule has 0 aliphatic rings. The molecule has 17 heavy (non-hydrogen) atoms. The first-order valence-electron chi connectivity index (χ1n) is 6.03. The number of nitrogens with zero attached hydrogens (tertiary/aromatic N) is 2. The normalized spacial score (nSPS) is 13.8. The van der Waals surface area contributed by atoms with Crippen LogP contribution in [0.25, 0.3) is 0 Å². The Morgan fingerprint density at radius 1 is 1.41 bits per heavy atom. The number of nitrogens with one attached hydrogen (secondary N) is 1. The van der Waals surface area contributed by atoms with Gasteiger partial charge in [-0.3, -0.25) is 0 Å². The molecule has 0 saturated carbocycles. The summed E-state index contributed by atoms with van der Waals surface area (Å²) < 4.78 is 28.1. The average molecular weight is 259 g/mol. The van der Waals surface area contributed by atoms with Gasteiger partial charge in [0.15, 0.2) is 0 Å². The molecule has 0 unspecified atom stereocenters. The monoisotopic (exact) mass is 259 g/mol. The second-order valence-corrected chi connectivity index (χ2v) is 6.03. The Morgan fingerprint density at radius 2 is 2.18 bits per heavy atom. The lowest BCUT2D eigenvalue weighted by molar-refractivity contribution is 0.484. The van der Waals surface area contributed by atoms with E-state index in [9.17, 15) is 8.42 Å². The molecule has 0 aromatic carbocycles. The van der Waals surface area contributed by atoms with Crippen LogP contribution < -0.4 is 4.72 Å². The molecule has 0 aliphatic heterocycles. The summed E-state index contributed by atoms with van der Waals surface area (Å²) in [5.74, 6) is 0.212. The van der Waals surface area contributed by atoms with Gasteiger partial charge >= 0.3 is 0 Å². The van der Waals surface area contributed by atoms with Crippen molar-refractivity contribution in [2.75, 3.05) is 5.75 Å². The highest BCUT2D eigenvalue weighted by atomic mass is 32.2. The summed E-state index contributed by atoms with van der Waals surface area (Å²) in [5.41, 5.74) is 0. The van der Waals surface area contributed by atoms with Gasteiger partial charge < -0.3 is 4.57 Å². The number of unbranched alkanes of at least 4 members (excludes halogenated alkanes) is 1. The van der Waals surface area contributed by atoms with E-state index in [2.05, 4.69) is 9.71 Å². The fourth-order valence-corrected chi connectivity index (χ4v) is 3.08. The number of imidazole rings is 1. The third-order valence-corrected chi connectivity index (χ3v) is 4.11. The van der Waals surface area contributed by atoms with Crippen LogP contribution in [0.1, 0.15) is 33.1 Å². The minimum absolute atomic E-state index is 0.0638. The van der Waals surface area contributed by atoms with Crippen molar-refractivity contribution in [1.29, 1.82) is 0 Å². The zero-order chi connectivity index (χ0) is 12.7. The molecule has 1 heterocycles. The van der Waals surface area contributed by atoms with Gasteiger partial charge in [-0.1, -0.05) is 20.3 Å². The highest BCUT2D eigenvalue weighted by Crippen LogP contribution is 2.01. The zero-order valence-corrected chi connectivity index (χ0v) is 11.3. The predicted octanol–water partition coefficient (Wildman–Crippen LogP) is 1.38. The highest BCUT2D eigenvalue weighted by Gasteiger charge is 2.16. The van der Waals surface area contributed by atoms with Gasteiger partial charge in [-0.25, -0.2) is 18.1 Å². The van der Waals surface area contributed by atoms with Crippen molar-refractivity contribution in [3.05, 3.63) is 18.7 Å². The second-order valence-electron chi connectivity index (χ2n) is 4.15. The maximum atomic E-state index is 11.8. The first-order chi connectivity index (χ1) is 8.07. The predicted molar refractivity (Wildman–Crippen MR) is 68.1 cm³/mol. The summed E-state index contributed by atoms with van der Waals surface area (Å²) >= 11 is 0. The summed E-state index contributed by atoms with van der Waals surface area (Å²) in [7, 11) is -3.14. The van der Waals surface area contributed by atoms with Crippen molar-refractivity contribution in [2.45, 2.75) is 45.7 Å². The Labute approximate surface area is 103 Å². The molecule has 0 amide bonds. The maximum absolute atomic E-state index is 11.8. The quantitative estimate of drug-likeness (QED) is 0.767. The van der Waals surface area contributed by atoms with Crippen LogP contribution in [-0.4, -0.2) is 29.8 Å². The van der Waals surface area contributed by atoms with Crippen molar-refractivity contribution in [3.63, 3.8) is 0 Å². The summed E-state index contributed by atoms with van der Waals surface area (Å²) in [6.07, 6.45) is 7.59. The topological polar surface area (TPSA) is 64.0 Å². The minimum Gasteiger partial charge on any atom is -0.336 e. The van der Waals surface area contributed by atoms with E-state index in [4.69, 9.17) is 0 Å². The summed E-state index contributed by atoms with van der Waals surface area (Å²) in [6, 6.07) is -0.0638. The van der Waals surface area contributed by atoms with E-state index in [1.54, 1.807) is 12.5 Å². The number of hydrogen-bond donors (Lipinski definition) is 1. The Bertz CT molecular complexity index is 400. The van der Waals surface area contributed by atoms with Crippen molar-refractivity contribution in [2.24, 2.45) is 0 Å². The molecule has 0 aliphatic carbocycles. The van der Waals surface area contributed by atoms with Crippen LogP contribution >= 0.6 is 0 Å². The van der Waals surface area contributed by atoms with E-state index in [-0.39, 0.29) is 11.8 Å². The van der Waals surface area contributed by atoms with Gasteiger partial charge in [0.2, 0.25) is 10.0 Å². The first-order valence-corrected chi connectivity index (χ1v) is 7.68. The van der Waals surface area contributed by atoms with Gasteiger partial charge in [0, 0.05) is 25.0 Å². The van der Waals surface area contributed by atoms with Crippen molar-refractivity contribution in [1.82, 2.24) is 14.3 Å². The fourth-order valence-electron chi connectivity index (χ4n) is 1.55. The number of rotatable bonds is 8. The largest absolute Gasteiger partial charge is 0.336 e. The highest BCUT2D eigenvalue weighted by molar-refractivity contribution is 7.89. The molecule has 0 spiro atoms. The lowest BCUT2D eigenvalue weighted by atomic mass is 10.2. The van der Waals surface area contributed by atoms with Gasteiger partial charge in [0.05, 0.1) is 12.1 Å². The molecule has 0 radical (unpaired) electrons. The summed E-state index contributed by atoms with van der Waals surface area (Å²) in [6.45, 7) is 4.59. The smallest absolute Gasteiger partial charge is 0.211 e. The van der Waals surface area contributed by atoms with Crippen molar-refractivity contribution < 1.29 is 8.42 Å². The Kier molecular flexibility index (Phi) is 5.64. The standard InChI is InChI=1S/C11H21N3O2S/c1-3-5-8-17(15,16)13-11(4-2)9-14-7-6-12-10-14/h6-7,10-11,13H,3-5,8-9H2,1-2H3/t11-/m0/s1. The molecule has 1 rings (SSSR count). The summed E-state index contributed by atoms with van der Waals surface area (Å²) in [5, 5.41) is 0. The van der Waals surface area contributed by atoms with Crippen molar-refractivity contribution in [3.8, 4) is 0 Å². The molecule has 5 nitrogen and oxygen atoms in total. The van der Waals surface area contributed by atoms with Gasteiger partial charge in [0.25, 0.3) is 0 Å².